The van der Waals surface area contributed by atoms with Gasteiger partial charge >= 0.3 is 0 Å². The van der Waals surface area contributed by atoms with E-state index >= 15 is 0 Å². The Hall–Kier alpha value is -2.64. The Morgan fingerprint density at radius 1 is 0.415 bits per heavy atom. The minimum Gasteiger partial charge on any atom is -0.0654 e. The van der Waals surface area contributed by atoms with Crippen molar-refractivity contribution in [1.29, 1.82) is 0 Å². The molecular formula is C52H59Br. The van der Waals surface area contributed by atoms with Crippen LogP contribution in [0.15, 0.2) is 102 Å². The Bertz CT molecular complexity index is 1880. The molecular weight excluding hydrogens is 704 g/mol. The van der Waals surface area contributed by atoms with E-state index in [0.717, 1.165) is 35.5 Å². The van der Waals surface area contributed by atoms with Crippen LogP contribution in [-0.4, -0.2) is 0 Å². The standard InChI is InChI=1S/C52H59Br/c1-2-3-4-5-22-49-23-26-50(27-24-49,28-25-49)39-14-10-37(11-15-39)35-6-8-36(9-7-35)38-12-16-40(17-13-38)51-29-43-46-32-52(41-18-20-42(53)21-19-41)33-47(43)45(31-51)48(34-52)44(46)30-51/h6-21,43-48H,2-5,22-34H2,1H3. The lowest BCUT2D eigenvalue weighted by Gasteiger charge is -2.75. The summed E-state index contributed by atoms with van der Waals surface area (Å²) in [7, 11) is 0. The molecule has 10 bridgehead atoms. The first kappa shape index (κ1) is 33.7. The van der Waals surface area contributed by atoms with Crippen molar-refractivity contribution in [1.82, 2.24) is 0 Å². The second-order valence-electron chi connectivity index (χ2n) is 20.1. The molecule has 10 aliphatic carbocycles. The first-order valence-electron chi connectivity index (χ1n) is 22.0. The largest absolute Gasteiger partial charge is 0.0654 e. The van der Waals surface area contributed by atoms with E-state index in [-0.39, 0.29) is 0 Å². The first-order chi connectivity index (χ1) is 25.9. The normalized spacial score (nSPS) is 38.5. The van der Waals surface area contributed by atoms with Crippen molar-refractivity contribution in [2.75, 3.05) is 0 Å². The Balaban J connectivity index is 0.756. The predicted octanol–water partition coefficient (Wildman–Crippen LogP) is 14.6. The molecule has 0 unspecified atom stereocenters. The molecule has 1 heteroatoms. The third kappa shape index (κ3) is 5.24. The van der Waals surface area contributed by atoms with Crippen molar-refractivity contribution in [2.24, 2.45) is 40.9 Å². The summed E-state index contributed by atoms with van der Waals surface area (Å²) >= 11 is 3.69. The fourth-order valence-corrected chi connectivity index (χ4v) is 15.6. The molecule has 0 nitrogen and oxygen atoms in total. The third-order valence-electron chi connectivity index (χ3n) is 18.0. The zero-order valence-corrected chi connectivity index (χ0v) is 33.7. The van der Waals surface area contributed by atoms with Crippen LogP contribution in [-0.2, 0) is 16.2 Å². The topological polar surface area (TPSA) is 0 Å². The Kier molecular flexibility index (Phi) is 7.90. The molecule has 0 saturated heterocycles. The molecule has 0 atom stereocenters. The quantitative estimate of drug-likeness (QED) is 0.141. The summed E-state index contributed by atoms with van der Waals surface area (Å²) in [5.74, 6) is 5.79. The van der Waals surface area contributed by atoms with Crippen LogP contribution in [0.2, 0.25) is 0 Å². The van der Waals surface area contributed by atoms with Crippen LogP contribution in [0.3, 0.4) is 0 Å². The van der Waals surface area contributed by atoms with Crippen LogP contribution in [0.5, 0.6) is 0 Å². The third-order valence-corrected chi connectivity index (χ3v) is 18.6. The highest BCUT2D eigenvalue weighted by molar-refractivity contribution is 9.10. The molecule has 0 aliphatic heterocycles. The maximum absolute atomic E-state index is 3.69. The first-order valence-corrected chi connectivity index (χ1v) is 22.8. The Labute approximate surface area is 328 Å². The molecule has 14 rings (SSSR count). The fraction of sp³-hybridized carbons (Fsp3) is 0.538. The van der Waals surface area contributed by atoms with Gasteiger partial charge in [-0.05, 0) is 192 Å². The molecule has 0 heterocycles. The fourth-order valence-electron chi connectivity index (χ4n) is 15.3. The monoisotopic (exact) mass is 762 g/mol. The number of unbranched alkanes of at least 4 members (excludes halogenated alkanes) is 3. The molecule has 53 heavy (non-hydrogen) atoms. The van der Waals surface area contributed by atoms with Gasteiger partial charge < -0.3 is 0 Å². The van der Waals surface area contributed by atoms with Gasteiger partial charge in [0.15, 0.2) is 0 Å². The van der Waals surface area contributed by atoms with Gasteiger partial charge in [0.05, 0.1) is 0 Å². The van der Waals surface area contributed by atoms with Crippen molar-refractivity contribution in [3.8, 4) is 22.3 Å². The van der Waals surface area contributed by atoms with Crippen LogP contribution in [0.4, 0.5) is 0 Å². The average Bonchev–Trinajstić information content (AvgIpc) is 3.22. The smallest absolute Gasteiger partial charge is 0.0175 e. The summed E-state index contributed by atoms with van der Waals surface area (Å²) in [6, 6.07) is 38.7. The highest BCUT2D eigenvalue weighted by Crippen LogP contribution is 2.77. The minimum absolute atomic E-state index is 0.430. The van der Waals surface area contributed by atoms with Crippen molar-refractivity contribution < 1.29 is 0 Å². The van der Waals surface area contributed by atoms with E-state index in [1.807, 2.05) is 0 Å². The number of benzene rings is 4. The van der Waals surface area contributed by atoms with Crippen LogP contribution in [0.1, 0.15) is 133 Å². The summed E-state index contributed by atoms with van der Waals surface area (Å²) in [6.07, 6.45) is 24.5. The summed E-state index contributed by atoms with van der Waals surface area (Å²) < 4.78 is 1.22. The molecule has 10 aliphatic rings. The summed E-state index contributed by atoms with van der Waals surface area (Å²) in [6.45, 7) is 2.33. The predicted molar refractivity (Wildman–Crippen MR) is 224 cm³/mol. The van der Waals surface area contributed by atoms with Gasteiger partial charge in [0.2, 0.25) is 0 Å². The van der Waals surface area contributed by atoms with Gasteiger partial charge in [0, 0.05) is 4.47 Å². The number of fused-ring (bicyclic) bond motifs is 3. The van der Waals surface area contributed by atoms with Crippen molar-refractivity contribution in [2.45, 2.75) is 132 Å². The van der Waals surface area contributed by atoms with Gasteiger partial charge in [0.25, 0.3) is 0 Å². The van der Waals surface area contributed by atoms with Gasteiger partial charge in [-0.1, -0.05) is 133 Å². The molecule has 0 radical (unpaired) electrons. The highest BCUT2D eigenvalue weighted by atomic mass is 79.9. The average molecular weight is 764 g/mol. The zero-order valence-electron chi connectivity index (χ0n) is 32.1. The minimum atomic E-state index is 0.430. The molecule has 0 amide bonds. The van der Waals surface area contributed by atoms with E-state index in [4.69, 9.17) is 0 Å². The van der Waals surface area contributed by atoms with E-state index in [2.05, 4.69) is 120 Å². The highest BCUT2D eigenvalue weighted by Gasteiger charge is 2.70. The maximum Gasteiger partial charge on any atom is 0.0175 e. The van der Waals surface area contributed by atoms with Crippen LogP contribution in [0, 0.1) is 40.9 Å². The molecule has 10 saturated carbocycles. The zero-order chi connectivity index (χ0) is 35.4. The van der Waals surface area contributed by atoms with Crippen molar-refractivity contribution in [3.05, 3.63) is 118 Å². The summed E-state index contributed by atoms with van der Waals surface area (Å²) in [5.41, 5.74) is 12.3. The van der Waals surface area contributed by atoms with Crippen molar-refractivity contribution in [3.63, 3.8) is 0 Å². The van der Waals surface area contributed by atoms with Gasteiger partial charge in [0.1, 0.15) is 0 Å². The summed E-state index contributed by atoms with van der Waals surface area (Å²) in [5, 5.41) is 0. The van der Waals surface area contributed by atoms with E-state index in [1.54, 1.807) is 16.7 Å². The molecule has 0 spiro atoms. The maximum atomic E-state index is 3.69. The second kappa shape index (κ2) is 12.4. The molecule has 0 N–H and O–H groups in total. The Morgan fingerprint density at radius 3 is 1.13 bits per heavy atom. The van der Waals surface area contributed by atoms with Crippen LogP contribution in [0.25, 0.3) is 22.3 Å². The van der Waals surface area contributed by atoms with Gasteiger partial charge in [-0.3, -0.25) is 0 Å². The van der Waals surface area contributed by atoms with E-state index in [0.29, 0.717) is 21.7 Å². The van der Waals surface area contributed by atoms with Crippen molar-refractivity contribution >= 4 is 15.9 Å². The Morgan fingerprint density at radius 2 is 0.755 bits per heavy atom. The molecule has 274 valence electrons. The number of hydrogen-bond donors (Lipinski definition) is 0. The molecule has 0 aromatic heterocycles. The van der Waals surface area contributed by atoms with E-state index < -0.39 is 0 Å². The van der Waals surface area contributed by atoms with Crippen LogP contribution >= 0.6 is 15.9 Å². The number of hydrogen-bond acceptors (Lipinski definition) is 0. The second-order valence-corrected chi connectivity index (χ2v) is 21.0. The van der Waals surface area contributed by atoms with Crippen LogP contribution < -0.4 is 0 Å². The van der Waals surface area contributed by atoms with E-state index in [1.165, 1.54) is 136 Å². The SMILES string of the molecule is CCCCCCC12CCC(c3ccc(-c4ccc(-c5ccc(C67CC8C9CC%10(c%11ccc(Br)cc%11)CC8C(C6)C(C%10)C9C7)cc5)cc4)cc3)(CC1)CC2. The molecule has 4 aromatic carbocycles. The molecule has 10 fully saturated rings. The van der Waals surface area contributed by atoms with Gasteiger partial charge in [-0.2, -0.15) is 0 Å². The lowest BCUT2D eigenvalue weighted by Crippen LogP contribution is -2.69. The van der Waals surface area contributed by atoms with E-state index in [9.17, 15) is 0 Å². The lowest BCUT2D eigenvalue weighted by molar-refractivity contribution is -0.221. The lowest BCUT2D eigenvalue weighted by atomic mass is 9.29. The van der Waals surface area contributed by atoms with Gasteiger partial charge in [-0.25, -0.2) is 0 Å². The number of halogens is 1. The molecule has 4 aromatic rings. The summed E-state index contributed by atoms with van der Waals surface area (Å²) in [4.78, 5) is 0. The van der Waals surface area contributed by atoms with Gasteiger partial charge in [-0.15, -0.1) is 0 Å². The number of rotatable bonds is 10.